The molecule has 0 bridgehead atoms. The van der Waals surface area contributed by atoms with Crippen LogP contribution in [0.2, 0.25) is 0 Å². The van der Waals surface area contributed by atoms with Crippen LogP contribution in [0.1, 0.15) is 32.4 Å². The lowest BCUT2D eigenvalue weighted by Gasteiger charge is -2.15. The standard InChI is InChI=1S/C14H16BrNO3/c1-8(9(2)14(18)19)13(17)16-10(3)11-4-6-12(15)7-5-11/h4-7,10H,1-3H3,(H,16,17)(H,18,19)/b9-8-/t10-/m1/s1. The van der Waals surface area contributed by atoms with E-state index in [1.807, 2.05) is 31.2 Å². The zero-order chi connectivity index (χ0) is 14.6. The predicted octanol–water partition coefficient (Wildman–Crippen LogP) is 3.05. The van der Waals surface area contributed by atoms with Crippen molar-refractivity contribution in [3.63, 3.8) is 0 Å². The number of rotatable bonds is 4. The zero-order valence-corrected chi connectivity index (χ0v) is 12.6. The minimum absolute atomic E-state index is 0.0560. The summed E-state index contributed by atoms with van der Waals surface area (Å²) in [6.45, 7) is 4.78. The number of carbonyl (C=O) groups excluding carboxylic acids is 1. The van der Waals surface area contributed by atoms with Gasteiger partial charge in [0.2, 0.25) is 5.91 Å². The van der Waals surface area contributed by atoms with Crippen LogP contribution in [-0.4, -0.2) is 17.0 Å². The Morgan fingerprint density at radius 3 is 2.16 bits per heavy atom. The summed E-state index contributed by atoms with van der Waals surface area (Å²) in [7, 11) is 0. The fourth-order valence-corrected chi connectivity index (χ4v) is 1.73. The van der Waals surface area contributed by atoms with Gasteiger partial charge in [0.05, 0.1) is 6.04 Å². The molecule has 0 heterocycles. The number of nitrogens with one attached hydrogen (secondary N) is 1. The van der Waals surface area contributed by atoms with E-state index >= 15 is 0 Å². The molecule has 102 valence electrons. The van der Waals surface area contributed by atoms with Crippen molar-refractivity contribution in [2.45, 2.75) is 26.8 Å². The lowest BCUT2D eigenvalue weighted by Crippen LogP contribution is -2.28. The van der Waals surface area contributed by atoms with Crippen LogP contribution in [0, 0.1) is 0 Å². The molecule has 0 saturated carbocycles. The summed E-state index contributed by atoms with van der Waals surface area (Å²) in [6.07, 6.45) is 0. The van der Waals surface area contributed by atoms with Crippen molar-refractivity contribution in [3.05, 3.63) is 45.4 Å². The van der Waals surface area contributed by atoms with Crippen molar-refractivity contribution in [2.24, 2.45) is 0 Å². The smallest absolute Gasteiger partial charge is 0.331 e. The third-order valence-corrected chi connectivity index (χ3v) is 3.47. The van der Waals surface area contributed by atoms with Gasteiger partial charge in [0.25, 0.3) is 0 Å². The number of amides is 1. The second kappa shape index (κ2) is 6.52. The maximum atomic E-state index is 11.9. The number of aliphatic carboxylic acids is 1. The molecule has 1 amide bonds. The summed E-state index contributed by atoms with van der Waals surface area (Å²) in [5.41, 5.74) is 1.23. The zero-order valence-electron chi connectivity index (χ0n) is 11.0. The highest BCUT2D eigenvalue weighted by atomic mass is 79.9. The van der Waals surface area contributed by atoms with Crippen LogP contribution >= 0.6 is 15.9 Å². The Morgan fingerprint density at radius 2 is 1.68 bits per heavy atom. The van der Waals surface area contributed by atoms with E-state index in [1.165, 1.54) is 13.8 Å². The third kappa shape index (κ3) is 4.21. The van der Waals surface area contributed by atoms with Crippen molar-refractivity contribution in [3.8, 4) is 0 Å². The number of carboxylic acids is 1. The molecule has 4 nitrogen and oxygen atoms in total. The SMILES string of the molecule is C/C(C(=O)O)=C(\C)C(=O)N[C@H](C)c1ccc(Br)cc1. The first-order valence-corrected chi connectivity index (χ1v) is 6.59. The highest BCUT2D eigenvalue weighted by Gasteiger charge is 2.15. The van der Waals surface area contributed by atoms with Crippen molar-refractivity contribution in [2.75, 3.05) is 0 Å². The number of hydrogen-bond acceptors (Lipinski definition) is 2. The molecule has 2 N–H and O–H groups in total. The van der Waals surface area contributed by atoms with E-state index in [0.717, 1.165) is 10.0 Å². The lowest BCUT2D eigenvalue weighted by molar-refractivity contribution is -0.133. The van der Waals surface area contributed by atoms with E-state index < -0.39 is 5.97 Å². The molecular weight excluding hydrogens is 310 g/mol. The van der Waals surface area contributed by atoms with E-state index in [2.05, 4.69) is 21.2 Å². The number of benzene rings is 1. The van der Waals surface area contributed by atoms with Crippen molar-refractivity contribution >= 4 is 27.8 Å². The summed E-state index contributed by atoms with van der Waals surface area (Å²) < 4.78 is 0.965. The van der Waals surface area contributed by atoms with Gasteiger partial charge in [-0.3, -0.25) is 4.79 Å². The average Bonchev–Trinajstić information content (AvgIpc) is 2.37. The van der Waals surface area contributed by atoms with Gasteiger partial charge in [-0.15, -0.1) is 0 Å². The number of carboxylic acid groups (broad SMARTS) is 1. The fraction of sp³-hybridized carbons (Fsp3) is 0.286. The summed E-state index contributed by atoms with van der Waals surface area (Å²) in [5.74, 6) is -1.45. The van der Waals surface area contributed by atoms with E-state index in [0.29, 0.717) is 0 Å². The Balaban J connectivity index is 2.80. The first-order chi connectivity index (χ1) is 8.82. The van der Waals surface area contributed by atoms with Crippen LogP contribution in [0.25, 0.3) is 0 Å². The molecule has 1 aromatic rings. The number of halogens is 1. The summed E-state index contributed by atoms with van der Waals surface area (Å²) in [5, 5.41) is 11.6. The number of hydrogen-bond donors (Lipinski definition) is 2. The first-order valence-electron chi connectivity index (χ1n) is 5.80. The van der Waals surface area contributed by atoms with Crippen molar-refractivity contribution in [1.29, 1.82) is 0 Å². The molecule has 0 fully saturated rings. The van der Waals surface area contributed by atoms with Crippen LogP contribution in [0.15, 0.2) is 39.9 Å². The van der Waals surface area contributed by atoms with Gasteiger partial charge in [0, 0.05) is 15.6 Å². The van der Waals surface area contributed by atoms with Crippen LogP contribution < -0.4 is 5.32 Å². The highest BCUT2D eigenvalue weighted by molar-refractivity contribution is 9.10. The largest absolute Gasteiger partial charge is 0.478 e. The van der Waals surface area contributed by atoms with Crippen LogP contribution in [0.4, 0.5) is 0 Å². The molecule has 0 spiro atoms. The van der Waals surface area contributed by atoms with Gasteiger partial charge in [-0.1, -0.05) is 28.1 Å². The molecule has 0 aliphatic rings. The summed E-state index contributed by atoms with van der Waals surface area (Å²) in [4.78, 5) is 22.7. The first kappa shape index (κ1) is 15.4. The minimum Gasteiger partial charge on any atom is -0.478 e. The molecule has 0 aliphatic heterocycles. The van der Waals surface area contributed by atoms with Crippen molar-refractivity contribution < 1.29 is 14.7 Å². The molecule has 19 heavy (non-hydrogen) atoms. The Kier molecular flexibility index (Phi) is 5.30. The van der Waals surface area contributed by atoms with Gasteiger partial charge in [-0.2, -0.15) is 0 Å². The molecule has 0 aliphatic carbocycles. The lowest BCUT2D eigenvalue weighted by atomic mass is 10.1. The normalized spacial score (nSPS) is 13.5. The molecule has 0 saturated heterocycles. The fourth-order valence-electron chi connectivity index (χ4n) is 1.47. The second-order valence-corrected chi connectivity index (χ2v) is 5.22. The average molecular weight is 326 g/mol. The minimum atomic E-state index is -1.08. The molecule has 1 rings (SSSR count). The van der Waals surface area contributed by atoms with Crippen LogP contribution in [0.5, 0.6) is 0 Å². The van der Waals surface area contributed by atoms with Crippen molar-refractivity contribution in [1.82, 2.24) is 5.32 Å². The quantitative estimate of drug-likeness (QED) is 0.836. The molecule has 1 atom stereocenters. The van der Waals surface area contributed by atoms with Gasteiger partial charge in [-0.05, 0) is 38.5 Å². The molecule has 5 heteroatoms. The predicted molar refractivity (Wildman–Crippen MR) is 76.7 cm³/mol. The van der Waals surface area contributed by atoms with Crippen LogP contribution in [-0.2, 0) is 9.59 Å². The van der Waals surface area contributed by atoms with E-state index in [1.54, 1.807) is 0 Å². The Hall–Kier alpha value is -1.62. The molecule has 0 unspecified atom stereocenters. The molecule has 1 aromatic carbocycles. The van der Waals surface area contributed by atoms with Gasteiger partial charge < -0.3 is 10.4 Å². The maximum Gasteiger partial charge on any atom is 0.331 e. The van der Waals surface area contributed by atoms with Gasteiger partial charge in [0.15, 0.2) is 0 Å². The van der Waals surface area contributed by atoms with E-state index in [9.17, 15) is 9.59 Å². The monoisotopic (exact) mass is 325 g/mol. The third-order valence-electron chi connectivity index (χ3n) is 2.94. The second-order valence-electron chi connectivity index (χ2n) is 4.30. The Labute approximate surface area is 120 Å². The topological polar surface area (TPSA) is 66.4 Å². The van der Waals surface area contributed by atoms with E-state index in [4.69, 9.17) is 5.11 Å². The highest BCUT2D eigenvalue weighted by Crippen LogP contribution is 2.17. The maximum absolute atomic E-state index is 11.9. The Bertz CT molecular complexity index is 520. The summed E-state index contributed by atoms with van der Waals surface area (Å²) in [6, 6.07) is 7.40. The van der Waals surface area contributed by atoms with Crippen LogP contribution in [0.3, 0.4) is 0 Å². The molecule has 0 radical (unpaired) electrons. The molecular formula is C14H16BrNO3. The summed E-state index contributed by atoms with van der Waals surface area (Å²) >= 11 is 3.34. The van der Waals surface area contributed by atoms with Gasteiger partial charge in [0.1, 0.15) is 0 Å². The Morgan fingerprint density at radius 1 is 1.16 bits per heavy atom. The van der Waals surface area contributed by atoms with Gasteiger partial charge >= 0.3 is 5.97 Å². The number of carbonyl (C=O) groups is 2. The molecule has 0 aromatic heterocycles. The van der Waals surface area contributed by atoms with E-state index in [-0.39, 0.29) is 23.1 Å². The van der Waals surface area contributed by atoms with Gasteiger partial charge in [-0.25, -0.2) is 4.79 Å².